The topological polar surface area (TPSA) is 89.4 Å². The lowest BCUT2D eigenvalue weighted by molar-refractivity contribution is -0.123. The van der Waals surface area contributed by atoms with E-state index < -0.39 is 0 Å². The number of amides is 1. The molecule has 2 rings (SSSR count). The second-order valence-electron chi connectivity index (χ2n) is 5.15. The fourth-order valence-electron chi connectivity index (χ4n) is 2.04. The number of hydrazone groups is 1. The Labute approximate surface area is 152 Å². The number of nitrogens with zero attached hydrogens (tertiary/aromatic N) is 1. The number of ether oxygens (including phenoxy) is 3. The Hall–Kier alpha value is -3.22. The molecule has 0 aliphatic carbocycles. The molecule has 0 aromatic heterocycles. The van der Waals surface area contributed by atoms with Crippen LogP contribution < -0.4 is 19.6 Å². The Morgan fingerprint density at radius 2 is 1.69 bits per heavy atom. The van der Waals surface area contributed by atoms with Crippen molar-refractivity contribution in [2.24, 2.45) is 5.10 Å². The maximum atomic E-state index is 11.8. The SMILES string of the molecule is CCOc1ccc(OCC(=O)N/N=C/c2ccc(O)c(OCC)c2)cc1. The van der Waals surface area contributed by atoms with Crippen molar-refractivity contribution in [1.82, 2.24) is 5.43 Å². The van der Waals surface area contributed by atoms with E-state index in [0.717, 1.165) is 5.75 Å². The molecule has 0 aliphatic heterocycles. The minimum Gasteiger partial charge on any atom is -0.504 e. The highest BCUT2D eigenvalue weighted by Gasteiger charge is 2.04. The molecule has 1 amide bonds. The van der Waals surface area contributed by atoms with Crippen LogP contribution in [0.2, 0.25) is 0 Å². The van der Waals surface area contributed by atoms with Crippen molar-refractivity contribution >= 4 is 12.1 Å². The summed E-state index contributed by atoms with van der Waals surface area (Å²) >= 11 is 0. The third-order valence-electron chi connectivity index (χ3n) is 3.19. The summed E-state index contributed by atoms with van der Waals surface area (Å²) in [4.78, 5) is 11.8. The summed E-state index contributed by atoms with van der Waals surface area (Å²) in [6.07, 6.45) is 1.46. The Bertz CT molecular complexity index is 744. The van der Waals surface area contributed by atoms with Crippen molar-refractivity contribution in [2.45, 2.75) is 13.8 Å². The van der Waals surface area contributed by atoms with Gasteiger partial charge in [-0.15, -0.1) is 0 Å². The number of phenols is 1. The fraction of sp³-hybridized carbons (Fsp3) is 0.263. The molecule has 0 saturated heterocycles. The van der Waals surface area contributed by atoms with Crippen LogP contribution in [-0.4, -0.2) is 37.0 Å². The second-order valence-corrected chi connectivity index (χ2v) is 5.15. The number of phenolic OH excluding ortho intramolecular Hbond substituents is 1. The average molecular weight is 358 g/mol. The summed E-state index contributed by atoms with van der Waals surface area (Å²) in [7, 11) is 0. The first-order chi connectivity index (χ1) is 12.6. The van der Waals surface area contributed by atoms with Crippen molar-refractivity contribution in [3.8, 4) is 23.0 Å². The van der Waals surface area contributed by atoms with Crippen molar-refractivity contribution in [3.05, 3.63) is 48.0 Å². The molecule has 138 valence electrons. The average Bonchev–Trinajstić information content (AvgIpc) is 2.64. The first kappa shape index (κ1) is 19.1. The summed E-state index contributed by atoms with van der Waals surface area (Å²) in [5.74, 6) is 1.33. The van der Waals surface area contributed by atoms with Crippen molar-refractivity contribution < 1.29 is 24.1 Å². The molecule has 0 heterocycles. The summed E-state index contributed by atoms with van der Waals surface area (Å²) in [5.41, 5.74) is 3.06. The van der Waals surface area contributed by atoms with Gasteiger partial charge in [-0.2, -0.15) is 5.10 Å². The third kappa shape index (κ3) is 6.01. The van der Waals surface area contributed by atoms with Gasteiger partial charge in [0.1, 0.15) is 11.5 Å². The molecule has 0 fully saturated rings. The van der Waals surface area contributed by atoms with Crippen LogP contribution in [0, 0.1) is 0 Å². The highest BCUT2D eigenvalue weighted by atomic mass is 16.5. The van der Waals surface area contributed by atoms with Crippen molar-refractivity contribution in [1.29, 1.82) is 0 Å². The van der Waals surface area contributed by atoms with Gasteiger partial charge < -0.3 is 19.3 Å². The number of hydrogen-bond donors (Lipinski definition) is 2. The van der Waals surface area contributed by atoms with Gasteiger partial charge in [-0.1, -0.05) is 0 Å². The number of aromatic hydroxyl groups is 1. The lowest BCUT2D eigenvalue weighted by atomic mass is 10.2. The monoisotopic (exact) mass is 358 g/mol. The van der Waals surface area contributed by atoms with Crippen LogP contribution in [0.25, 0.3) is 0 Å². The number of benzene rings is 2. The molecule has 0 atom stereocenters. The van der Waals surface area contributed by atoms with Gasteiger partial charge in [0, 0.05) is 0 Å². The molecule has 0 radical (unpaired) electrons. The summed E-state index contributed by atoms with van der Waals surface area (Å²) in [5, 5.41) is 13.5. The van der Waals surface area contributed by atoms with E-state index in [2.05, 4.69) is 10.5 Å². The highest BCUT2D eigenvalue weighted by molar-refractivity contribution is 5.83. The van der Waals surface area contributed by atoms with E-state index in [9.17, 15) is 9.90 Å². The molecule has 7 heteroatoms. The van der Waals surface area contributed by atoms with Gasteiger partial charge >= 0.3 is 0 Å². The van der Waals surface area contributed by atoms with E-state index in [-0.39, 0.29) is 18.3 Å². The molecule has 2 aromatic carbocycles. The zero-order valence-corrected chi connectivity index (χ0v) is 14.8. The molecule has 26 heavy (non-hydrogen) atoms. The Morgan fingerprint density at radius 1 is 1.04 bits per heavy atom. The molecule has 7 nitrogen and oxygen atoms in total. The Balaban J connectivity index is 1.81. The fourth-order valence-corrected chi connectivity index (χ4v) is 2.04. The molecule has 2 N–H and O–H groups in total. The van der Waals surface area contributed by atoms with E-state index in [1.165, 1.54) is 12.3 Å². The van der Waals surface area contributed by atoms with Gasteiger partial charge in [0.05, 0.1) is 19.4 Å². The molecule has 0 spiro atoms. The third-order valence-corrected chi connectivity index (χ3v) is 3.19. The van der Waals surface area contributed by atoms with E-state index in [0.29, 0.717) is 30.3 Å². The van der Waals surface area contributed by atoms with Crippen LogP contribution in [0.5, 0.6) is 23.0 Å². The molecule has 0 aliphatic rings. The standard InChI is InChI=1S/C19H22N2O5/c1-3-24-15-6-8-16(9-7-15)26-13-19(23)21-20-12-14-5-10-17(22)18(11-14)25-4-2/h5-12,22H,3-4,13H2,1-2H3,(H,21,23)/b20-12+. The van der Waals surface area contributed by atoms with Crippen LogP contribution in [0.15, 0.2) is 47.6 Å². The van der Waals surface area contributed by atoms with Gasteiger partial charge in [-0.05, 0) is 61.9 Å². The van der Waals surface area contributed by atoms with Gasteiger partial charge in [0.15, 0.2) is 18.1 Å². The molecular formula is C19H22N2O5. The smallest absolute Gasteiger partial charge is 0.277 e. The number of carbonyl (C=O) groups is 1. The molecular weight excluding hydrogens is 336 g/mol. The quantitative estimate of drug-likeness (QED) is 0.531. The molecule has 0 saturated carbocycles. The number of rotatable bonds is 9. The van der Waals surface area contributed by atoms with E-state index >= 15 is 0 Å². The molecule has 0 unspecified atom stereocenters. The summed E-state index contributed by atoms with van der Waals surface area (Å²) in [6.45, 7) is 4.60. The molecule has 2 aromatic rings. The van der Waals surface area contributed by atoms with Crippen molar-refractivity contribution in [2.75, 3.05) is 19.8 Å². The maximum absolute atomic E-state index is 11.8. The van der Waals surface area contributed by atoms with Crippen molar-refractivity contribution in [3.63, 3.8) is 0 Å². The van der Waals surface area contributed by atoms with Gasteiger partial charge in [0.2, 0.25) is 0 Å². The van der Waals surface area contributed by atoms with Gasteiger partial charge in [-0.3, -0.25) is 4.79 Å². The Kier molecular flexibility index (Phi) is 7.30. The second kappa shape index (κ2) is 9.93. The highest BCUT2D eigenvalue weighted by Crippen LogP contribution is 2.26. The van der Waals surface area contributed by atoms with E-state index in [1.54, 1.807) is 36.4 Å². The number of carbonyl (C=O) groups excluding carboxylic acids is 1. The number of nitrogens with one attached hydrogen (secondary N) is 1. The van der Waals surface area contributed by atoms with E-state index in [1.807, 2.05) is 13.8 Å². The largest absolute Gasteiger partial charge is 0.504 e. The molecule has 0 bridgehead atoms. The zero-order chi connectivity index (χ0) is 18.8. The normalized spacial score (nSPS) is 10.5. The maximum Gasteiger partial charge on any atom is 0.277 e. The van der Waals surface area contributed by atoms with Gasteiger partial charge in [0.25, 0.3) is 5.91 Å². The predicted molar refractivity (Wildman–Crippen MR) is 98.1 cm³/mol. The lowest BCUT2D eigenvalue weighted by Crippen LogP contribution is -2.24. The van der Waals surface area contributed by atoms with Crippen LogP contribution in [0.4, 0.5) is 0 Å². The summed E-state index contributed by atoms with van der Waals surface area (Å²) in [6, 6.07) is 11.8. The van der Waals surface area contributed by atoms with Crippen LogP contribution in [0.1, 0.15) is 19.4 Å². The van der Waals surface area contributed by atoms with Crippen LogP contribution >= 0.6 is 0 Å². The Morgan fingerprint density at radius 3 is 2.35 bits per heavy atom. The van der Waals surface area contributed by atoms with E-state index in [4.69, 9.17) is 14.2 Å². The first-order valence-corrected chi connectivity index (χ1v) is 8.25. The lowest BCUT2D eigenvalue weighted by Gasteiger charge is -2.07. The minimum atomic E-state index is -0.390. The van der Waals surface area contributed by atoms with Gasteiger partial charge in [-0.25, -0.2) is 5.43 Å². The first-order valence-electron chi connectivity index (χ1n) is 8.25. The van der Waals surface area contributed by atoms with Crippen LogP contribution in [0.3, 0.4) is 0 Å². The number of hydrogen-bond acceptors (Lipinski definition) is 6. The predicted octanol–water partition coefficient (Wildman–Crippen LogP) is 2.72. The minimum absolute atomic E-state index is 0.0526. The summed E-state index contributed by atoms with van der Waals surface area (Å²) < 4.78 is 16.0. The van der Waals surface area contributed by atoms with Crippen LogP contribution in [-0.2, 0) is 4.79 Å². The zero-order valence-electron chi connectivity index (χ0n) is 14.8.